The number of thiophene rings is 1. The molecular weight excluding hydrogens is 356 g/mol. The first-order chi connectivity index (χ1) is 12.0. The molecule has 1 atom stereocenters. The average Bonchev–Trinajstić information content (AvgIpc) is 3.04. The number of ketones is 1. The van der Waals surface area contributed by atoms with Gasteiger partial charge in [-0.25, -0.2) is 9.97 Å². The first kappa shape index (κ1) is 17.4. The van der Waals surface area contributed by atoms with Crippen molar-refractivity contribution in [2.45, 2.75) is 24.3 Å². The topological polar surface area (TPSA) is 98.0 Å². The molecule has 8 heteroatoms. The number of nitrogen functional groups attached to an aromatic ring is 1. The van der Waals surface area contributed by atoms with Gasteiger partial charge < -0.3 is 11.1 Å². The molecule has 0 aliphatic rings. The number of carbonyl (C=O) groups excluding carboxylic acids is 2. The molecule has 0 saturated carbocycles. The molecule has 0 spiro atoms. The summed E-state index contributed by atoms with van der Waals surface area (Å²) >= 11 is 2.70. The van der Waals surface area contributed by atoms with E-state index in [9.17, 15) is 9.59 Å². The summed E-state index contributed by atoms with van der Waals surface area (Å²) in [5, 5.41) is 5.52. The molecular formula is C17H16N4O2S2. The normalized spacial score (nSPS) is 12.1. The number of nitrogens with zero attached hydrogens (tertiary/aromatic N) is 2. The summed E-state index contributed by atoms with van der Waals surface area (Å²) in [7, 11) is 0. The number of amides is 1. The van der Waals surface area contributed by atoms with Crippen LogP contribution in [0.5, 0.6) is 0 Å². The van der Waals surface area contributed by atoms with E-state index in [1.165, 1.54) is 30.0 Å². The number of thioether (sulfide) groups is 1. The Kier molecular flexibility index (Phi) is 5.00. The smallest absolute Gasteiger partial charge is 0.237 e. The molecule has 3 aromatic rings. The summed E-state index contributed by atoms with van der Waals surface area (Å²) < 4.78 is 0. The quantitative estimate of drug-likeness (QED) is 0.403. The number of hydrogen-bond donors (Lipinski definition) is 2. The molecule has 6 nitrogen and oxygen atoms in total. The van der Waals surface area contributed by atoms with Gasteiger partial charge in [-0.05, 0) is 37.4 Å². The van der Waals surface area contributed by atoms with Crippen molar-refractivity contribution in [3.05, 3.63) is 41.3 Å². The monoisotopic (exact) mass is 372 g/mol. The minimum atomic E-state index is -0.447. The fraction of sp³-hybridized carbons (Fsp3) is 0.176. The largest absolute Gasteiger partial charge is 0.383 e. The summed E-state index contributed by atoms with van der Waals surface area (Å²) in [5.41, 5.74) is 6.92. The van der Waals surface area contributed by atoms with Gasteiger partial charge in [0.15, 0.2) is 10.9 Å². The second-order valence-corrected chi connectivity index (χ2v) is 7.58. The maximum atomic E-state index is 12.5. The van der Waals surface area contributed by atoms with Crippen molar-refractivity contribution in [3.63, 3.8) is 0 Å². The predicted octanol–water partition coefficient (Wildman–Crippen LogP) is 3.60. The number of nitrogens with one attached hydrogen (secondary N) is 1. The van der Waals surface area contributed by atoms with Crippen molar-refractivity contribution in [2.75, 3.05) is 11.1 Å². The van der Waals surface area contributed by atoms with Crippen molar-refractivity contribution in [2.24, 2.45) is 0 Å². The number of Topliss-reactive ketones (excluding diaryl/α,β-unsaturated/α-hetero) is 1. The molecule has 2 heterocycles. The number of nitrogens with two attached hydrogens (primary N) is 1. The van der Waals surface area contributed by atoms with Gasteiger partial charge in [-0.2, -0.15) is 0 Å². The van der Waals surface area contributed by atoms with E-state index >= 15 is 0 Å². The predicted molar refractivity (Wildman–Crippen MR) is 102 cm³/mol. The fourth-order valence-corrected chi connectivity index (χ4v) is 3.86. The van der Waals surface area contributed by atoms with Crippen molar-refractivity contribution >= 4 is 56.5 Å². The molecule has 0 saturated heterocycles. The highest BCUT2D eigenvalue weighted by Gasteiger charge is 2.19. The number of aromatic nitrogens is 2. The van der Waals surface area contributed by atoms with E-state index < -0.39 is 5.25 Å². The average molecular weight is 372 g/mol. The molecule has 0 aliphatic heterocycles. The third kappa shape index (κ3) is 3.80. The second kappa shape index (κ2) is 7.20. The lowest BCUT2D eigenvalue weighted by Gasteiger charge is -2.13. The van der Waals surface area contributed by atoms with Crippen LogP contribution < -0.4 is 11.1 Å². The highest BCUT2D eigenvalue weighted by molar-refractivity contribution is 8.00. The van der Waals surface area contributed by atoms with Gasteiger partial charge in [0, 0.05) is 5.56 Å². The van der Waals surface area contributed by atoms with E-state index in [1.807, 2.05) is 11.4 Å². The molecule has 1 aromatic carbocycles. The van der Waals surface area contributed by atoms with Crippen LogP contribution >= 0.6 is 23.1 Å². The van der Waals surface area contributed by atoms with Gasteiger partial charge in [-0.15, -0.1) is 11.3 Å². The molecule has 1 amide bonds. The number of fused-ring (bicyclic) bond motifs is 1. The zero-order valence-corrected chi connectivity index (χ0v) is 15.3. The van der Waals surface area contributed by atoms with Crippen molar-refractivity contribution in [3.8, 4) is 0 Å². The Morgan fingerprint density at radius 1 is 1.24 bits per heavy atom. The summed E-state index contributed by atoms with van der Waals surface area (Å²) in [6.07, 6.45) is 0. The van der Waals surface area contributed by atoms with Gasteiger partial charge in [0.1, 0.15) is 10.6 Å². The molecule has 3 rings (SSSR count). The molecule has 0 unspecified atom stereocenters. The molecule has 0 radical (unpaired) electrons. The Morgan fingerprint density at radius 2 is 2.00 bits per heavy atom. The molecule has 0 bridgehead atoms. The number of para-hydroxylation sites is 1. The number of benzene rings is 1. The Bertz CT molecular complexity index is 955. The summed E-state index contributed by atoms with van der Waals surface area (Å²) in [6, 6.07) is 8.80. The van der Waals surface area contributed by atoms with Crippen LogP contribution in [-0.2, 0) is 4.79 Å². The maximum absolute atomic E-state index is 12.5. The highest BCUT2D eigenvalue weighted by atomic mass is 32.2. The number of carbonyl (C=O) groups is 2. The van der Waals surface area contributed by atoms with Crippen molar-refractivity contribution < 1.29 is 9.59 Å². The Morgan fingerprint density at radius 3 is 2.76 bits per heavy atom. The number of rotatable bonds is 5. The van der Waals surface area contributed by atoms with Gasteiger partial charge in [-0.3, -0.25) is 9.59 Å². The fourth-order valence-electron chi connectivity index (χ4n) is 2.26. The number of anilines is 2. The van der Waals surface area contributed by atoms with E-state index in [4.69, 9.17) is 5.73 Å². The lowest BCUT2D eigenvalue weighted by Crippen LogP contribution is -2.23. The summed E-state index contributed by atoms with van der Waals surface area (Å²) in [5.74, 6) is 0.0749. The van der Waals surface area contributed by atoms with E-state index in [1.54, 1.807) is 31.2 Å². The molecule has 2 aromatic heterocycles. The molecule has 128 valence electrons. The van der Waals surface area contributed by atoms with Gasteiger partial charge in [0.25, 0.3) is 0 Å². The second-order valence-electron chi connectivity index (χ2n) is 5.38. The van der Waals surface area contributed by atoms with Gasteiger partial charge in [-0.1, -0.05) is 23.9 Å². The van der Waals surface area contributed by atoms with Crippen LogP contribution in [0.2, 0.25) is 0 Å². The Labute approximate surface area is 152 Å². The van der Waals surface area contributed by atoms with Crippen LogP contribution in [-0.4, -0.2) is 26.9 Å². The first-order valence-electron chi connectivity index (χ1n) is 7.54. The zero-order chi connectivity index (χ0) is 18.0. The molecule has 0 aliphatic carbocycles. The Balaban J connectivity index is 1.75. The standard InChI is InChI=1S/C17H16N4O2S2/c1-9(22)11-5-3-4-6-13(11)19-15(23)10(2)25-17-20-14(18)12-7-8-24-16(12)21-17/h3-8,10H,1-2H3,(H,19,23)(H2,18,20,21)/t10-/m0/s1. The van der Waals surface area contributed by atoms with Crippen LogP contribution in [0.25, 0.3) is 10.2 Å². The van der Waals surface area contributed by atoms with Gasteiger partial charge >= 0.3 is 0 Å². The number of hydrogen-bond acceptors (Lipinski definition) is 7. The van der Waals surface area contributed by atoms with E-state index in [2.05, 4.69) is 15.3 Å². The van der Waals surface area contributed by atoms with Crippen molar-refractivity contribution in [1.82, 2.24) is 9.97 Å². The Hall–Kier alpha value is -2.45. The maximum Gasteiger partial charge on any atom is 0.237 e. The van der Waals surface area contributed by atoms with Crippen LogP contribution in [0.4, 0.5) is 11.5 Å². The van der Waals surface area contributed by atoms with Gasteiger partial charge in [0.05, 0.1) is 16.3 Å². The van der Waals surface area contributed by atoms with Gasteiger partial charge in [0.2, 0.25) is 5.91 Å². The van der Waals surface area contributed by atoms with Crippen LogP contribution in [0.15, 0.2) is 40.9 Å². The SMILES string of the molecule is CC(=O)c1ccccc1NC(=O)[C@H](C)Sc1nc(N)c2ccsc2n1. The summed E-state index contributed by atoms with van der Waals surface area (Å²) in [4.78, 5) is 33.6. The highest BCUT2D eigenvalue weighted by Crippen LogP contribution is 2.28. The molecule has 3 N–H and O–H groups in total. The van der Waals surface area contributed by atoms with E-state index in [0.717, 1.165) is 10.2 Å². The van der Waals surface area contributed by atoms with Crippen molar-refractivity contribution in [1.29, 1.82) is 0 Å². The summed E-state index contributed by atoms with van der Waals surface area (Å²) in [6.45, 7) is 3.23. The lowest BCUT2D eigenvalue weighted by molar-refractivity contribution is -0.115. The molecule has 25 heavy (non-hydrogen) atoms. The van der Waals surface area contributed by atoms with Crippen LogP contribution in [0.1, 0.15) is 24.2 Å². The minimum Gasteiger partial charge on any atom is -0.383 e. The van der Waals surface area contributed by atoms with Crippen LogP contribution in [0, 0.1) is 0 Å². The lowest BCUT2D eigenvalue weighted by atomic mass is 10.1. The third-order valence-electron chi connectivity index (χ3n) is 3.55. The molecule has 0 fully saturated rings. The minimum absolute atomic E-state index is 0.101. The van der Waals surface area contributed by atoms with E-state index in [0.29, 0.717) is 22.2 Å². The van der Waals surface area contributed by atoms with E-state index in [-0.39, 0.29) is 11.7 Å². The first-order valence-corrected chi connectivity index (χ1v) is 9.30. The third-order valence-corrected chi connectivity index (χ3v) is 5.32. The van der Waals surface area contributed by atoms with Crippen LogP contribution in [0.3, 0.4) is 0 Å². The zero-order valence-electron chi connectivity index (χ0n) is 13.6.